The Balaban J connectivity index is 1.77. The zero-order valence-electron chi connectivity index (χ0n) is 14.4. The van der Waals surface area contributed by atoms with Crippen LogP contribution < -0.4 is 10.4 Å². The first kappa shape index (κ1) is 19.8. The Kier molecular flexibility index (Phi) is 5.36. The molecule has 2 aliphatic rings. The van der Waals surface area contributed by atoms with E-state index in [0.717, 1.165) is 35.7 Å². The lowest BCUT2D eigenvalue weighted by Crippen LogP contribution is -2.71. The molecule has 148 valence electrons. The zero-order valence-corrected chi connectivity index (χ0v) is 15.2. The first-order valence-corrected chi connectivity index (χ1v) is 9.03. The van der Waals surface area contributed by atoms with Crippen molar-refractivity contribution in [3.05, 3.63) is 46.7 Å². The molecule has 0 radical (unpaired) electrons. The number of benzene rings is 1. The van der Waals surface area contributed by atoms with E-state index in [1.54, 1.807) is 0 Å². The van der Waals surface area contributed by atoms with E-state index >= 15 is 0 Å². The monoisotopic (exact) mass is 411 g/mol. The van der Waals surface area contributed by atoms with Gasteiger partial charge in [0.25, 0.3) is 11.8 Å². The third-order valence-corrected chi connectivity index (χ3v) is 5.49. The van der Waals surface area contributed by atoms with E-state index < -0.39 is 58.1 Å². The summed E-state index contributed by atoms with van der Waals surface area (Å²) in [7, 11) is 0. The summed E-state index contributed by atoms with van der Waals surface area (Å²) in [5.74, 6) is -5.70. The van der Waals surface area contributed by atoms with E-state index in [-0.39, 0.29) is 17.9 Å². The molecule has 3 rings (SSSR count). The van der Waals surface area contributed by atoms with E-state index in [2.05, 4.69) is 5.32 Å². The molecule has 0 bridgehead atoms. The molecule has 0 saturated carbocycles. The third-order valence-electron chi connectivity index (χ3n) is 4.15. The number of aliphatic carboxylic acids is 1. The van der Waals surface area contributed by atoms with Crippen LogP contribution in [0.5, 0.6) is 0 Å². The van der Waals surface area contributed by atoms with Crippen molar-refractivity contribution in [1.82, 2.24) is 10.2 Å². The Morgan fingerprint density at radius 2 is 2.07 bits per heavy atom. The molecule has 2 amide bonds. The van der Waals surface area contributed by atoms with Gasteiger partial charge < -0.3 is 20.0 Å². The minimum atomic E-state index is -1.62. The Bertz CT molecular complexity index is 919. The number of fused-ring (bicyclic) bond motifs is 1. The number of hydrogen-bond donors (Lipinski definition) is 1. The van der Waals surface area contributed by atoms with Crippen molar-refractivity contribution in [3.63, 3.8) is 0 Å². The van der Waals surface area contributed by atoms with Crippen LogP contribution in [0.15, 0.2) is 29.5 Å². The number of β-lactam (4-membered cyclic amide) rings is 1. The number of halogens is 2. The molecule has 1 N–H and O–H groups in total. The van der Waals surface area contributed by atoms with Gasteiger partial charge in [-0.1, -0.05) is 0 Å². The fourth-order valence-corrected chi connectivity index (χ4v) is 4.19. The van der Waals surface area contributed by atoms with Crippen LogP contribution in [-0.2, 0) is 19.1 Å². The second-order valence-electron chi connectivity index (χ2n) is 6.00. The summed E-state index contributed by atoms with van der Waals surface area (Å²) < 4.78 is 31.5. The van der Waals surface area contributed by atoms with Crippen molar-refractivity contribution < 1.29 is 37.8 Å². The highest BCUT2D eigenvalue weighted by atomic mass is 32.2. The largest absolute Gasteiger partial charge is 0.543 e. The predicted octanol–water partition coefficient (Wildman–Crippen LogP) is -0.455. The number of nitrogens with zero attached hydrogens (tertiary/aromatic N) is 1. The van der Waals surface area contributed by atoms with Gasteiger partial charge in [-0.15, -0.1) is 11.8 Å². The van der Waals surface area contributed by atoms with Crippen LogP contribution in [0, 0.1) is 11.6 Å². The SMILES string of the molecule is CC(=O)OCC1=C(C(=O)[O-])N2C(=O)[C@@H](NC(=O)c3ccc(F)cc3F)[C@@H]2SC1. The molecule has 1 aromatic rings. The molecule has 0 unspecified atom stereocenters. The number of ether oxygens (including phenoxy) is 1. The van der Waals surface area contributed by atoms with Gasteiger partial charge >= 0.3 is 5.97 Å². The van der Waals surface area contributed by atoms with Crippen LogP contribution in [0.3, 0.4) is 0 Å². The number of carboxylic acid groups (broad SMARTS) is 1. The quantitative estimate of drug-likeness (QED) is 0.515. The number of carboxylic acids is 1. The maximum atomic E-state index is 13.7. The smallest absolute Gasteiger partial charge is 0.302 e. The topological polar surface area (TPSA) is 116 Å². The van der Waals surface area contributed by atoms with Gasteiger partial charge in [-0.3, -0.25) is 19.3 Å². The molecule has 2 atom stereocenters. The highest BCUT2D eigenvalue weighted by Gasteiger charge is 2.53. The molecule has 8 nitrogen and oxygen atoms in total. The first-order valence-electron chi connectivity index (χ1n) is 7.98. The molecule has 2 heterocycles. The molecule has 0 aromatic heterocycles. The van der Waals surface area contributed by atoms with E-state index in [0.29, 0.717) is 6.07 Å². The van der Waals surface area contributed by atoms with Crippen LogP contribution in [0.4, 0.5) is 8.78 Å². The van der Waals surface area contributed by atoms with Gasteiger partial charge in [-0.2, -0.15) is 0 Å². The molecule has 2 aliphatic heterocycles. The van der Waals surface area contributed by atoms with Gasteiger partial charge in [0.15, 0.2) is 0 Å². The minimum Gasteiger partial charge on any atom is -0.543 e. The van der Waals surface area contributed by atoms with Crippen molar-refractivity contribution >= 4 is 35.5 Å². The molecule has 1 fully saturated rings. The molecule has 0 spiro atoms. The standard InChI is InChI=1S/C17H14F2N2O6S/c1-7(22)27-5-8-6-28-16-12(15(24)21(16)13(8)17(25)26)20-14(23)10-3-2-9(18)4-11(10)19/h2-4,12,16H,5-6H2,1H3,(H,20,23)(H,25,26)/p-1/t12-,16+/m1/s1. The van der Waals surface area contributed by atoms with Crippen LogP contribution in [0.1, 0.15) is 17.3 Å². The maximum Gasteiger partial charge on any atom is 0.302 e. The summed E-state index contributed by atoms with van der Waals surface area (Å²) in [4.78, 5) is 48.0. The van der Waals surface area contributed by atoms with Gasteiger partial charge in [0.05, 0.1) is 17.2 Å². The summed E-state index contributed by atoms with van der Waals surface area (Å²) >= 11 is 1.15. The van der Waals surface area contributed by atoms with Gasteiger partial charge in [0.1, 0.15) is 29.7 Å². The molecule has 28 heavy (non-hydrogen) atoms. The lowest BCUT2D eigenvalue weighted by Gasteiger charge is -2.50. The van der Waals surface area contributed by atoms with E-state index in [4.69, 9.17) is 4.74 Å². The number of nitrogens with one attached hydrogen (secondary N) is 1. The first-order chi connectivity index (χ1) is 13.2. The number of hydrogen-bond acceptors (Lipinski definition) is 7. The number of esters is 1. The Morgan fingerprint density at radius 3 is 2.68 bits per heavy atom. The average Bonchev–Trinajstić information content (AvgIpc) is 2.63. The second-order valence-corrected chi connectivity index (χ2v) is 7.11. The van der Waals surface area contributed by atoms with Gasteiger partial charge in [0, 0.05) is 24.3 Å². The summed E-state index contributed by atoms with van der Waals surface area (Å²) in [6.07, 6.45) is 0. The fraction of sp³-hybridized carbons (Fsp3) is 0.294. The fourth-order valence-electron chi connectivity index (χ4n) is 2.86. The summed E-state index contributed by atoms with van der Waals surface area (Å²) in [6, 6.07) is 1.29. The van der Waals surface area contributed by atoms with Gasteiger partial charge in [-0.25, -0.2) is 8.78 Å². The molecular formula is C17H13F2N2O6S-. The average molecular weight is 411 g/mol. The van der Waals surface area contributed by atoms with Gasteiger partial charge in [-0.05, 0) is 12.1 Å². The predicted molar refractivity (Wildman–Crippen MR) is 89.4 cm³/mol. The van der Waals surface area contributed by atoms with E-state index in [1.165, 1.54) is 0 Å². The molecule has 0 aliphatic carbocycles. The van der Waals surface area contributed by atoms with Crippen LogP contribution in [0.25, 0.3) is 0 Å². The molecular weight excluding hydrogens is 398 g/mol. The number of thioether (sulfide) groups is 1. The van der Waals surface area contributed by atoms with E-state index in [1.807, 2.05) is 0 Å². The van der Waals surface area contributed by atoms with Crippen LogP contribution in [0.2, 0.25) is 0 Å². The van der Waals surface area contributed by atoms with Crippen molar-refractivity contribution in [2.24, 2.45) is 0 Å². The number of amides is 2. The normalized spacial score (nSPS) is 21.0. The van der Waals surface area contributed by atoms with E-state index in [9.17, 15) is 33.1 Å². The van der Waals surface area contributed by atoms with Crippen molar-refractivity contribution in [3.8, 4) is 0 Å². The number of rotatable bonds is 5. The van der Waals surface area contributed by atoms with Crippen molar-refractivity contribution in [2.45, 2.75) is 18.3 Å². The molecule has 1 saturated heterocycles. The van der Waals surface area contributed by atoms with Crippen LogP contribution >= 0.6 is 11.8 Å². The Morgan fingerprint density at radius 1 is 1.36 bits per heavy atom. The number of carbonyl (C=O) groups excluding carboxylic acids is 4. The second kappa shape index (κ2) is 7.58. The van der Waals surface area contributed by atoms with Crippen molar-refractivity contribution in [2.75, 3.05) is 12.4 Å². The Hall–Kier alpha value is -2.95. The summed E-state index contributed by atoms with van der Waals surface area (Å²) in [5, 5.41) is 13.1. The summed E-state index contributed by atoms with van der Waals surface area (Å²) in [5.41, 5.74) is -0.660. The lowest BCUT2D eigenvalue weighted by atomic mass is 10.0. The zero-order chi connectivity index (χ0) is 20.6. The van der Waals surface area contributed by atoms with Crippen molar-refractivity contribution in [1.29, 1.82) is 0 Å². The maximum absolute atomic E-state index is 13.7. The molecule has 11 heteroatoms. The Labute approximate surface area is 161 Å². The minimum absolute atomic E-state index is 0.127. The van der Waals surface area contributed by atoms with Crippen LogP contribution in [-0.4, -0.2) is 52.4 Å². The highest BCUT2D eigenvalue weighted by Crippen LogP contribution is 2.40. The van der Waals surface area contributed by atoms with Gasteiger partial charge in [0.2, 0.25) is 0 Å². The number of carbonyl (C=O) groups is 4. The molecule has 1 aromatic carbocycles. The third kappa shape index (κ3) is 3.57. The highest BCUT2D eigenvalue weighted by molar-refractivity contribution is 8.00. The lowest BCUT2D eigenvalue weighted by molar-refractivity contribution is -0.301. The summed E-state index contributed by atoms with van der Waals surface area (Å²) in [6.45, 7) is 0.854.